The van der Waals surface area contributed by atoms with Gasteiger partial charge in [-0.15, -0.1) is 0 Å². The molecule has 4 heteroatoms. The molecule has 0 aliphatic heterocycles. The summed E-state index contributed by atoms with van der Waals surface area (Å²) in [4.78, 5) is 0. The molecule has 1 saturated carbocycles. The van der Waals surface area contributed by atoms with E-state index < -0.39 is 0 Å². The maximum atomic E-state index is 9.80. The zero-order valence-electron chi connectivity index (χ0n) is 10.7. The second kappa shape index (κ2) is 5.93. The van der Waals surface area contributed by atoms with Crippen LogP contribution in [0.4, 0.5) is 0 Å². The number of rotatable bonds is 3. The molecule has 0 saturated heterocycles. The predicted molar refractivity (Wildman–Crippen MR) is 75.9 cm³/mol. The van der Waals surface area contributed by atoms with Crippen molar-refractivity contribution < 1.29 is 9.84 Å². The maximum Gasteiger partial charge on any atom is 0.172 e. The molecule has 0 spiro atoms. The van der Waals surface area contributed by atoms with E-state index in [0.717, 1.165) is 5.56 Å². The van der Waals surface area contributed by atoms with E-state index in [9.17, 15) is 5.11 Å². The molecule has 100 valence electrons. The van der Waals surface area contributed by atoms with Crippen molar-refractivity contribution in [2.45, 2.75) is 38.1 Å². The largest absolute Gasteiger partial charge is 0.503 e. The van der Waals surface area contributed by atoms with Crippen LogP contribution in [0.1, 0.15) is 43.7 Å². The number of hydrogen-bond donors (Lipinski definition) is 2. The van der Waals surface area contributed by atoms with Gasteiger partial charge >= 0.3 is 0 Å². The van der Waals surface area contributed by atoms with E-state index in [1.807, 2.05) is 12.1 Å². The lowest BCUT2D eigenvalue weighted by Crippen LogP contribution is -2.23. The Kier molecular flexibility index (Phi) is 4.51. The molecule has 1 aromatic carbocycles. The number of hydrogen-bond acceptors (Lipinski definition) is 3. The topological polar surface area (TPSA) is 55.5 Å². The normalized spacial score (nSPS) is 18.6. The number of phenolic OH excluding ortho intramolecular Hbond substituents is 1. The molecule has 1 fully saturated rings. The third-order valence-corrected chi connectivity index (χ3v) is 4.42. The van der Waals surface area contributed by atoms with Crippen LogP contribution in [0.3, 0.4) is 0 Å². The maximum absolute atomic E-state index is 9.80. The van der Waals surface area contributed by atoms with Crippen molar-refractivity contribution >= 4 is 15.9 Å². The molecule has 3 N–H and O–H groups in total. The van der Waals surface area contributed by atoms with Crippen LogP contribution in [-0.2, 0) is 0 Å². The summed E-state index contributed by atoms with van der Waals surface area (Å²) in [6.07, 6.45) is 6.26. The summed E-state index contributed by atoms with van der Waals surface area (Å²) >= 11 is 3.34. The SMILES string of the molecule is COc1cc([C@H](N)C2CCCCC2)cc(Br)c1O. The van der Waals surface area contributed by atoms with Gasteiger partial charge in [-0.2, -0.15) is 0 Å². The van der Waals surface area contributed by atoms with Crippen molar-refractivity contribution in [1.82, 2.24) is 0 Å². The molecular weight excluding hydrogens is 294 g/mol. The molecule has 18 heavy (non-hydrogen) atoms. The number of aromatic hydroxyl groups is 1. The van der Waals surface area contributed by atoms with Crippen LogP contribution in [0.5, 0.6) is 11.5 Å². The average Bonchev–Trinajstić information content (AvgIpc) is 2.42. The Bertz CT molecular complexity index is 417. The molecule has 1 aromatic rings. The number of methoxy groups -OCH3 is 1. The first-order valence-electron chi connectivity index (χ1n) is 6.45. The molecule has 0 bridgehead atoms. The Morgan fingerprint density at radius 2 is 2.00 bits per heavy atom. The van der Waals surface area contributed by atoms with Crippen LogP contribution in [0.25, 0.3) is 0 Å². The zero-order valence-corrected chi connectivity index (χ0v) is 12.2. The third-order valence-electron chi connectivity index (χ3n) is 3.81. The summed E-state index contributed by atoms with van der Waals surface area (Å²) in [5.74, 6) is 1.16. The summed E-state index contributed by atoms with van der Waals surface area (Å²) in [7, 11) is 1.55. The third kappa shape index (κ3) is 2.81. The van der Waals surface area contributed by atoms with E-state index in [2.05, 4.69) is 15.9 Å². The first-order chi connectivity index (χ1) is 8.63. The van der Waals surface area contributed by atoms with Crippen LogP contribution < -0.4 is 10.5 Å². The van der Waals surface area contributed by atoms with Gasteiger partial charge in [-0.25, -0.2) is 0 Å². The highest BCUT2D eigenvalue weighted by molar-refractivity contribution is 9.10. The highest BCUT2D eigenvalue weighted by Gasteiger charge is 2.23. The van der Waals surface area contributed by atoms with Crippen LogP contribution in [-0.4, -0.2) is 12.2 Å². The minimum Gasteiger partial charge on any atom is -0.503 e. The molecule has 0 radical (unpaired) electrons. The van der Waals surface area contributed by atoms with E-state index >= 15 is 0 Å². The fourth-order valence-electron chi connectivity index (χ4n) is 2.71. The first kappa shape index (κ1) is 13.7. The van der Waals surface area contributed by atoms with Gasteiger partial charge in [-0.05, 0) is 52.4 Å². The second-order valence-corrected chi connectivity index (χ2v) is 5.83. The fourth-order valence-corrected chi connectivity index (χ4v) is 3.17. The summed E-state index contributed by atoms with van der Waals surface area (Å²) in [5.41, 5.74) is 7.39. The Labute approximate surface area is 116 Å². The van der Waals surface area contributed by atoms with E-state index in [1.54, 1.807) is 7.11 Å². The molecule has 3 nitrogen and oxygen atoms in total. The van der Waals surface area contributed by atoms with E-state index in [-0.39, 0.29) is 11.8 Å². The molecule has 1 atom stereocenters. The van der Waals surface area contributed by atoms with Gasteiger partial charge < -0.3 is 15.6 Å². The molecule has 2 rings (SSSR count). The summed E-state index contributed by atoms with van der Waals surface area (Å²) in [5, 5.41) is 9.80. The molecule has 1 aliphatic rings. The molecule has 0 aromatic heterocycles. The average molecular weight is 314 g/mol. The molecule has 1 aliphatic carbocycles. The van der Waals surface area contributed by atoms with Crippen molar-refractivity contribution in [2.75, 3.05) is 7.11 Å². The summed E-state index contributed by atoms with van der Waals surface area (Å²) < 4.78 is 5.81. The minimum absolute atomic E-state index is 0.0242. The Balaban J connectivity index is 2.23. The standard InChI is InChI=1S/C14H20BrNO2/c1-18-12-8-10(7-11(15)14(12)17)13(16)9-5-3-2-4-6-9/h7-9,13,17H,2-6,16H2,1H3/t13-/m1/s1. The van der Waals surface area contributed by atoms with Crippen molar-refractivity contribution in [2.24, 2.45) is 11.7 Å². The van der Waals surface area contributed by atoms with Gasteiger partial charge in [0.2, 0.25) is 0 Å². The Morgan fingerprint density at radius 3 is 2.61 bits per heavy atom. The monoisotopic (exact) mass is 313 g/mol. The van der Waals surface area contributed by atoms with E-state index in [0.29, 0.717) is 16.1 Å². The smallest absolute Gasteiger partial charge is 0.172 e. The molecule has 0 unspecified atom stereocenters. The lowest BCUT2D eigenvalue weighted by Gasteiger charge is -2.28. The highest BCUT2D eigenvalue weighted by atomic mass is 79.9. The number of phenols is 1. The summed E-state index contributed by atoms with van der Waals surface area (Å²) in [6, 6.07) is 3.77. The number of ether oxygens (including phenoxy) is 1. The lowest BCUT2D eigenvalue weighted by molar-refractivity contribution is 0.306. The van der Waals surface area contributed by atoms with Crippen LogP contribution in [0.2, 0.25) is 0 Å². The fraction of sp³-hybridized carbons (Fsp3) is 0.571. The van der Waals surface area contributed by atoms with Gasteiger partial charge in [-0.1, -0.05) is 19.3 Å². The molecular formula is C14H20BrNO2. The molecule has 0 amide bonds. The van der Waals surface area contributed by atoms with Gasteiger partial charge in [0, 0.05) is 6.04 Å². The lowest BCUT2D eigenvalue weighted by atomic mass is 9.81. The first-order valence-corrected chi connectivity index (χ1v) is 7.24. The Hall–Kier alpha value is -0.740. The van der Waals surface area contributed by atoms with Gasteiger partial charge in [0.1, 0.15) is 0 Å². The number of halogens is 1. The van der Waals surface area contributed by atoms with Gasteiger partial charge in [0.15, 0.2) is 11.5 Å². The van der Waals surface area contributed by atoms with E-state index in [4.69, 9.17) is 10.5 Å². The minimum atomic E-state index is 0.0242. The van der Waals surface area contributed by atoms with Gasteiger partial charge in [0.25, 0.3) is 0 Å². The van der Waals surface area contributed by atoms with Crippen LogP contribution in [0.15, 0.2) is 16.6 Å². The van der Waals surface area contributed by atoms with Gasteiger partial charge in [-0.3, -0.25) is 0 Å². The van der Waals surface area contributed by atoms with Crippen molar-refractivity contribution in [3.63, 3.8) is 0 Å². The van der Waals surface area contributed by atoms with Gasteiger partial charge in [0.05, 0.1) is 11.6 Å². The van der Waals surface area contributed by atoms with Crippen molar-refractivity contribution in [1.29, 1.82) is 0 Å². The van der Waals surface area contributed by atoms with Crippen molar-refractivity contribution in [3.05, 3.63) is 22.2 Å². The van der Waals surface area contributed by atoms with E-state index in [1.165, 1.54) is 32.1 Å². The number of benzene rings is 1. The number of nitrogens with two attached hydrogens (primary N) is 1. The predicted octanol–water partition coefficient (Wildman–Crippen LogP) is 3.74. The highest BCUT2D eigenvalue weighted by Crippen LogP contribution is 2.40. The van der Waals surface area contributed by atoms with Crippen LogP contribution in [0, 0.1) is 5.92 Å². The zero-order chi connectivity index (χ0) is 13.1. The second-order valence-electron chi connectivity index (χ2n) is 4.98. The Morgan fingerprint density at radius 1 is 1.33 bits per heavy atom. The molecule has 0 heterocycles. The quantitative estimate of drug-likeness (QED) is 0.893. The summed E-state index contributed by atoms with van der Waals surface area (Å²) in [6.45, 7) is 0. The van der Waals surface area contributed by atoms with Crippen LogP contribution >= 0.6 is 15.9 Å². The van der Waals surface area contributed by atoms with Crippen molar-refractivity contribution in [3.8, 4) is 11.5 Å².